The largest absolute Gasteiger partial charge is 0.508 e. The Bertz CT molecular complexity index is 1010. The second kappa shape index (κ2) is 7.95. The first-order chi connectivity index (χ1) is 14.0. The molecule has 6 heteroatoms. The van der Waals surface area contributed by atoms with Crippen LogP contribution in [0.25, 0.3) is 22.3 Å². The fourth-order valence-corrected chi connectivity index (χ4v) is 4.61. The third-order valence-corrected chi connectivity index (χ3v) is 6.15. The van der Waals surface area contributed by atoms with E-state index in [4.69, 9.17) is 0 Å². The molecule has 6 nitrogen and oxygen atoms in total. The van der Waals surface area contributed by atoms with Crippen molar-refractivity contribution < 1.29 is 9.90 Å². The zero-order valence-electron chi connectivity index (χ0n) is 17.1. The van der Waals surface area contributed by atoms with Crippen LogP contribution in [0.4, 0.5) is 0 Å². The van der Waals surface area contributed by atoms with Gasteiger partial charge in [-0.3, -0.25) is 9.89 Å². The number of aryl methyl sites for hydroxylation is 1. The summed E-state index contributed by atoms with van der Waals surface area (Å²) >= 11 is 0. The summed E-state index contributed by atoms with van der Waals surface area (Å²) in [7, 11) is 0. The number of benzene rings is 1. The molecule has 1 aromatic carbocycles. The van der Waals surface area contributed by atoms with E-state index in [1.54, 1.807) is 12.1 Å². The monoisotopic (exact) mass is 392 g/mol. The Balaban J connectivity index is 1.76. The summed E-state index contributed by atoms with van der Waals surface area (Å²) in [6.07, 6.45) is 4.79. The van der Waals surface area contributed by atoms with Gasteiger partial charge < -0.3 is 10.4 Å². The molecule has 1 fully saturated rings. The van der Waals surface area contributed by atoms with Crippen molar-refractivity contribution in [3.63, 3.8) is 0 Å². The van der Waals surface area contributed by atoms with Crippen LogP contribution in [0.2, 0.25) is 0 Å². The van der Waals surface area contributed by atoms with Crippen molar-refractivity contribution in [3.8, 4) is 17.0 Å². The van der Waals surface area contributed by atoms with Crippen LogP contribution in [0.3, 0.4) is 0 Å². The van der Waals surface area contributed by atoms with E-state index in [1.165, 1.54) is 0 Å². The third-order valence-electron chi connectivity index (χ3n) is 6.15. The van der Waals surface area contributed by atoms with Crippen LogP contribution in [0.1, 0.15) is 55.1 Å². The molecular weight excluding hydrogens is 364 g/mol. The first-order valence-corrected chi connectivity index (χ1v) is 10.4. The number of aromatic amines is 1. The topological polar surface area (TPSA) is 90.9 Å². The summed E-state index contributed by atoms with van der Waals surface area (Å²) in [6.45, 7) is 6.08. The number of aromatic nitrogens is 3. The molecule has 0 radical (unpaired) electrons. The number of phenols is 1. The van der Waals surface area contributed by atoms with Gasteiger partial charge in [-0.25, -0.2) is 4.98 Å². The number of carbonyl (C=O) groups excluding carboxylic acids is 1. The molecular formula is C23H28N4O2. The van der Waals surface area contributed by atoms with Crippen molar-refractivity contribution >= 4 is 16.8 Å². The number of carbonyl (C=O) groups is 1. The average molecular weight is 393 g/mol. The number of fused-ring (bicyclic) bond motifs is 1. The van der Waals surface area contributed by atoms with E-state index < -0.39 is 0 Å². The van der Waals surface area contributed by atoms with Crippen LogP contribution >= 0.6 is 0 Å². The summed E-state index contributed by atoms with van der Waals surface area (Å²) in [5, 5.41) is 21.1. The van der Waals surface area contributed by atoms with Crippen molar-refractivity contribution in [1.29, 1.82) is 0 Å². The molecule has 0 aliphatic carbocycles. The SMILES string of the molecule is CCCC1(CC(=O)c2cc(-c3ccc(O)cc3)nc3n[nH]c(C)c23)CCNCC1. The van der Waals surface area contributed by atoms with Crippen LogP contribution in [0.5, 0.6) is 5.75 Å². The number of aromatic hydroxyl groups is 1. The minimum atomic E-state index is 0.0724. The molecule has 152 valence electrons. The van der Waals surface area contributed by atoms with Gasteiger partial charge in [-0.15, -0.1) is 0 Å². The Morgan fingerprint density at radius 2 is 1.93 bits per heavy atom. The number of hydrogen-bond acceptors (Lipinski definition) is 5. The number of nitrogens with zero attached hydrogens (tertiary/aromatic N) is 2. The molecule has 2 aromatic heterocycles. The Morgan fingerprint density at radius 3 is 2.62 bits per heavy atom. The molecule has 29 heavy (non-hydrogen) atoms. The molecule has 1 saturated heterocycles. The van der Waals surface area contributed by atoms with Crippen molar-refractivity contribution in [2.75, 3.05) is 13.1 Å². The van der Waals surface area contributed by atoms with Crippen LogP contribution in [0.15, 0.2) is 30.3 Å². The van der Waals surface area contributed by atoms with E-state index >= 15 is 0 Å². The van der Waals surface area contributed by atoms with E-state index in [1.807, 2.05) is 25.1 Å². The van der Waals surface area contributed by atoms with Gasteiger partial charge in [0.15, 0.2) is 11.4 Å². The molecule has 0 spiro atoms. The number of piperidine rings is 1. The van der Waals surface area contributed by atoms with E-state index in [0.717, 1.165) is 55.4 Å². The maximum atomic E-state index is 13.6. The van der Waals surface area contributed by atoms with Gasteiger partial charge in [0, 0.05) is 23.2 Å². The highest BCUT2D eigenvalue weighted by Gasteiger charge is 2.34. The summed E-state index contributed by atoms with van der Waals surface area (Å²) < 4.78 is 0. The van der Waals surface area contributed by atoms with Crippen LogP contribution in [-0.4, -0.2) is 39.2 Å². The van der Waals surface area contributed by atoms with Gasteiger partial charge in [0.25, 0.3) is 0 Å². The molecule has 0 bridgehead atoms. The normalized spacial score (nSPS) is 16.2. The lowest BCUT2D eigenvalue weighted by Crippen LogP contribution is -2.38. The molecule has 1 aliphatic heterocycles. The quantitative estimate of drug-likeness (QED) is 0.542. The predicted octanol–water partition coefficient (Wildman–Crippen LogP) is 4.38. The summed E-state index contributed by atoms with van der Waals surface area (Å²) in [5.41, 5.74) is 3.74. The molecule has 3 aromatic rings. The maximum Gasteiger partial charge on any atom is 0.182 e. The minimum Gasteiger partial charge on any atom is -0.508 e. The van der Waals surface area contributed by atoms with E-state index in [-0.39, 0.29) is 16.9 Å². The van der Waals surface area contributed by atoms with E-state index in [0.29, 0.717) is 23.3 Å². The van der Waals surface area contributed by atoms with Crippen LogP contribution < -0.4 is 5.32 Å². The molecule has 3 heterocycles. The minimum absolute atomic E-state index is 0.0724. The highest BCUT2D eigenvalue weighted by atomic mass is 16.3. The van der Waals surface area contributed by atoms with Crippen molar-refractivity contribution in [3.05, 3.63) is 41.6 Å². The zero-order valence-corrected chi connectivity index (χ0v) is 17.1. The standard InChI is InChI=1S/C23H28N4O2/c1-3-8-23(9-11-24-12-10-23)14-20(29)18-13-19(16-4-6-17(28)7-5-16)25-22-21(18)15(2)26-27-22/h4-7,13,24,28H,3,8-12,14H2,1-2H3,(H,25,26,27). The van der Waals surface area contributed by atoms with E-state index in [2.05, 4.69) is 27.4 Å². The number of H-pyrrole nitrogens is 1. The first kappa shape index (κ1) is 19.6. The lowest BCUT2D eigenvalue weighted by molar-refractivity contribution is 0.0852. The number of Topliss-reactive ketones (excluding diaryl/α,β-unsaturated/α-hetero) is 1. The molecule has 0 atom stereocenters. The van der Waals surface area contributed by atoms with Gasteiger partial charge in [-0.1, -0.05) is 13.3 Å². The number of ketones is 1. The second-order valence-electron chi connectivity index (χ2n) is 8.25. The molecule has 3 N–H and O–H groups in total. The van der Waals surface area contributed by atoms with Gasteiger partial charge in [0.1, 0.15) is 5.75 Å². The summed E-state index contributed by atoms with van der Waals surface area (Å²) in [5.74, 6) is 0.367. The summed E-state index contributed by atoms with van der Waals surface area (Å²) in [6, 6.07) is 8.76. The van der Waals surface area contributed by atoms with E-state index in [9.17, 15) is 9.90 Å². The summed E-state index contributed by atoms with van der Waals surface area (Å²) in [4.78, 5) is 18.2. The zero-order chi connectivity index (χ0) is 20.4. The van der Waals surface area contributed by atoms with Crippen molar-refractivity contribution in [2.24, 2.45) is 5.41 Å². The molecule has 0 amide bonds. The van der Waals surface area contributed by atoms with Gasteiger partial charge in [-0.2, -0.15) is 5.10 Å². The van der Waals surface area contributed by atoms with Gasteiger partial charge in [-0.05, 0) is 75.0 Å². The van der Waals surface area contributed by atoms with Crippen molar-refractivity contribution in [1.82, 2.24) is 20.5 Å². The second-order valence-corrected chi connectivity index (χ2v) is 8.25. The number of nitrogens with one attached hydrogen (secondary N) is 2. The average Bonchev–Trinajstić information content (AvgIpc) is 3.09. The fraction of sp³-hybridized carbons (Fsp3) is 0.435. The highest BCUT2D eigenvalue weighted by Crippen LogP contribution is 2.39. The molecule has 0 unspecified atom stereocenters. The number of phenolic OH excluding ortho intramolecular Hbond substituents is 1. The Morgan fingerprint density at radius 1 is 1.21 bits per heavy atom. The smallest absolute Gasteiger partial charge is 0.182 e. The van der Waals surface area contributed by atoms with Gasteiger partial charge >= 0.3 is 0 Å². The first-order valence-electron chi connectivity index (χ1n) is 10.4. The maximum absolute atomic E-state index is 13.6. The third kappa shape index (κ3) is 3.90. The van der Waals surface area contributed by atoms with Crippen LogP contribution in [-0.2, 0) is 0 Å². The predicted molar refractivity (Wildman–Crippen MR) is 114 cm³/mol. The Hall–Kier alpha value is -2.73. The Kier molecular flexibility index (Phi) is 5.37. The Labute approximate surface area is 170 Å². The highest BCUT2D eigenvalue weighted by molar-refractivity contribution is 6.08. The lowest BCUT2D eigenvalue weighted by atomic mass is 9.71. The molecule has 4 rings (SSSR count). The molecule has 0 saturated carbocycles. The van der Waals surface area contributed by atoms with Gasteiger partial charge in [0.2, 0.25) is 0 Å². The number of rotatable bonds is 6. The fourth-order valence-electron chi connectivity index (χ4n) is 4.61. The number of hydrogen-bond donors (Lipinski definition) is 3. The molecule has 1 aliphatic rings. The van der Waals surface area contributed by atoms with Crippen molar-refractivity contribution in [2.45, 2.75) is 46.0 Å². The number of pyridine rings is 1. The van der Waals surface area contributed by atoms with Crippen LogP contribution in [0, 0.1) is 12.3 Å². The van der Waals surface area contributed by atoms with Gasteiger partial charge in [0.05, 0.1) is 11.1 Å². The lowest BCUT2D eigenvalue weighted by Gasteiger charge is -2.37.